The molecular weight excluding hydrogens is 411 g/mol. The van der Waals surface area contributed by atoms with Gasteiger partial charge in [0.25, 0.3) is 0 Å². The van der Waals surface area contributed by atoms with Crippen molar-refractivity contribution in [3.8, 4) is 0 Å². The van der Waals surface area contributed by atoms with Gasteiger partial charge in [-0.15, -0.1) is 0 Å². The third-order valence-electron chi connectivity index (χ3n) is 4.29. The lowest BCUT2D eigenvalue weighted by Gasteiger charge is -2.34. The van der Waals surface area contributed by atoms with E-state index in [0.717, 1.165) is 12.0 Å². The van der Waals surface area contributed by atoms with Gasteiger partial charge in [-0.25, -0.2) is 0 Å². The van der Waals surface area contributed by atoms with Crippen molar-refractivity contribution in [3.05, 3.63) is 70.2 Å². The van der Waals surface area contributed by atoms with Crippen LogP contribution < -0.4 is 0 Å². The van der Waals surface area contributed by atoms with Crippen LogP contribution in [0.2, 0.25) is 5.02 Å². The first-order valence-corrected chi connectivity index (χ1v) is 8.98. The van der Waals surface area contributed by atoms with E-state index in [1.165, 1.54) is 0 Å². The predicted molar refractivity (Wildman–Crippen MR) is 96.2 cm³/mol. The van der Waals surface area contributed by atoms with Gasteiger partial charge >= 0.3 is 0 Å². The summed E-state index contributed by atoms with van der Waals surface area (Å²) in [5.74, 6) is -0.151. The standard InChI is InChI=1S/C18H14ClIO2/c19-14-7-5-13(6-8-14)16(21)18(11-20)10-9-12-3-1-2-4-15(12)17(18)22/h1-8H,9-11H2. The van der Waals surface area contributed by atoms with Gasteiger partial charge in [-0.05, 0) is 42.7 Å². The van der Waals surface area contributed by atoms with Crippen molar-refractivity contribution in [2.24, 2.45) is 5.41 Å². The quantitative estimate of drug-likeness (QED) is 0.308. The van der Waals surface area contributed by atoms with Crippen molar-refractivity contribution in [1.82, 2.24) is 0 Å². The monoisotopic (exact) mass is 424 g/mol. The van der Waals surface area contributed by atoms with E-state index in [9.17, 15) is 9.59 Å². The highest BCUT2D eigenvalue weighted by molar-refractivity contribution is 14.1. The Kier molecular flexibility index (Phi) is 4.37. The second-order valence-corrected chi connectivity index (χ2v) is 6.74. The van der Waals surface area contributed by atoms with Crippen molar-refractivity contribution in [3.63, 3.8) is 0 Å². The van der Waals surface area contributed by atoms with E-state index >= 15 is 0 Å². The average molecular weight is 425 g/mol. The number of halogens is 2. The number of alkyl halides is 1. The van der Waals surface area contributed by atoms with E-state index in [2.05, 4.69) is 22.6 Å². The van der Waals surface area contributed by atoms with Crippen LogP contribution in [0.4, 0.5) is 0 Å². The summed E-state index contributed by atoms with van der Waals surface area (Å²) in [7, 11) is 0. The van der Waals surface area contributed by atoms with Crippen molar-refractivity contribution < 1.29 is 9.59 Å². The Labute approximate surface area is 148 Å². The highest BCUT2D eigenvalue weighted by Gasteiger charge is 2.47. The van der Waals surface area contributed by atoms with Crippen LogP contribution in [-0.2, 0) is 6.42 Å². The summed E-state index contributed by atoms with van der Waals surface area (Å²) in [6.07, 6.45) is 1.32. The lowest BCUT2D eigenvalue weighted by atomic mass is 9.68. The minimum Gasteiger partial charge on any atom is -0.293 e. The van der Waals surface area contributed by atoms with Crippen molar-refractivity contribution in [2.45, 2.75) is 12.8 Å². The van der Waals surface area contributed by atoms with Gasteiger partial charge in [-0.1, -0.05) is 58.5 Å². The molecule has 0 heterocycles. The SMILES string of the molecule is O=C(c1ccc(Cl)cc1)C1(CI)CCc2ccccc2C1=O. The molecular formula is C18H14ClIO2. The highest BCUT2D eigenvalue weighted by Crippen LogP contribution is 2.40. The van der Waals surface area contributed by atoms with E-state index in [0.29, 0.717) is 27.0 Å². The number of fused-ring (bicyclic) bond motifs is 1. The van der Waals surface area contributed by atoms with Crippen LogP contribution in [0, 0.1) is 5.41 Å². The Morgan fingerprint density at radius 3 is 2.50 bits per heavy atom. The van der Waals surface area contributed by atoms with E-state index < -0.39 is 5.41 Å². The van der Waals surface area contributed by atoms with Crippen LogP contribution >= 0.6 is 34.2 Å². The number of carbonyl (C=O) groups excluding carboxylic acids is 2. The molecule has 2 aromatic rings. The molecule has 0 aromatic heterocycles. The van der Waals surface area contributed by atoms with Crippen molar-refractivity contribution in [2.75, 3.05) is 4.43 Å². The van der Waals surface area contributed by atoms with E-state index in [1.54, 1.807) is 24.3 Å². The molecule has 4 heteroatoms. The molecule has 0 amide bonds. The summed E-state index contributed by atoms with van der Waals surface area (Å²) in [5.41, 5.74) is 1.32. The van der Waals surface area contributed by atoms with Crippen LogP contribution in [0.25, 0.3) is 0 Å². The number of aryl methyl sites for hydroxylation is 1. The molecule has 2 nitrogen and oxygen atoms in total. The van der Waals surface area contributed by atoms with Gasteiger partial charge in [0, 0.05) is 20.6 Å². The molecule has 0 fully saturated rings. The number of ketones is 2. The smallest absolute Gasteiger partial charge is 0.177 e. The van der Waals surface area contributed by atoms with Gasteiger partial charge in [-0.2, -0.15) is 0 Å². The predicted octanol–water partition coefficient (Wildman–Crippen LogP) is 4.77. The number of Topliss-reactive ketones (excluding diaryl/α,β-unsaturated/α-hetero) is 2. The fourth-order valence-corrected chi connectivity index (χ4v) is 4.16. The summed E-state index contributed by atoms with van der Waals surface area (Å²) in [6, 6.07) is 14.4. The molecule has 0 saturated heterocycles. The summed E-state index contributed by atoms with van der Waals surface area (Å²) in [4.78, 5) is 26.0. The molecule has 112 valence electrons. The van der Waals surface area contributed by atoms with E-state index in [1.807, 2.05) is 24.3 Å². The fraction of sp³-hybridized carbons (Fsp3) is 0.222. The maximum absolute atomic E-state index is 13.0. The zero-order valence-corrected chi connectivity index (χ0v) is 14.7. The largest absolute Gasteiger partial charge is 0.293 e. The molecule has 1 unspecified atom stereocenters. The maximum Gasteiger partial charge on any atom is 0.177 e. The number of rotatable bonds is 3. The molecule has 0 N–H and O–H groups in total. The second-order valence-electron chi connectivity index (χ2n) is 5.54. The molecule has 0 saturated carbocycles. The third-order valence-corrected chi connectivity index (χ3v) is 5.84. The Morgan fingerprint density at radius 2 is 1.82 bits per heavy atom. The Bertz CT molecular complexity index is 739. The first-order valence-electron chi connectivity index (χ1n) is 7.07. The van der Waals surface area contributed by atoms with Gasteiger partial charge in [0.05, 0.1) is 0 Å². The number of benzene rings is 2. The second kappa shape index (κ2) is 6.13. The summed E-state index contributed by atoms with van der Waals surface area (Å²) in [6.45, 7) is 0. The summed E-state index contributed by atoms with van der Waals surface area (Å²) >= 11 is 8.04. The molecule has 0 bridgehead atoms. The maximum atomic E-state index is 13.0. The molecule has 0 radical (unpaired) electrons. The Morgan fingerprint density at radius 1 is 1.14 bits per heavy atom. The number of carbonyl (C=O) groups is 2. The molecule has 1 aliphatic carbocycles. The highest BCUT2D eigenvalue weighted by atomic mass is 127. The summed E-state index contributed by atoms with van der Waals surface area (Å²) < 4.78 is 0.486. The van der Waals surface area contributed by atoms with Crippen molar-refractivity contribution >= 4 is 45.8 Å². The normalized spacial score (nSPS) is 20.5. The van der Waals surface area contributed by atoms with E-state index in [4.69, 9.17) is 11.6 Å². The summed E-state index contributed by atoms with van der Waals surface area (Å²) in [5, 5.41) is 0.584. The zero-order valence-electron chi connectivity index (χ0n) is 11.8. The lowest BCUT2D eigenvalue weighted by molar-refractivity contribution is 0.0673. The van der Waals surface area contributed by atoms with Crippen LogP contribution in [-0.4, -0.2) is 16.0 Å². The van der Waals surface area contributed by atoms with Crippen LogP contribution in [0.3, 0.4) is 0 Å². The minimum atomic E-state index is -0.956. The van der Waals surface area contributed by atoms with Gasteiger partial charge in [0.1, 0.15) is 5.41 Å². The van der Waals surface area contributed by atoms with Gasteiger partial charge in [0.15, 0.2) is 11.6 Å². The van der Waals surface area contributed by atoms with E-state index in [-0.39, 0.29) is 11.6 Å². The molecule has 1 aliphatic rings. The Balaban J connectivity index is 2.05. The van der Waals surface area contributed by atoms with Gasteiger partial charge in [-0.3, -0.25) is 9.59 Å². The third kappa shape index (κ3) is 2.50. The molecule has 0 aliphatic heterocycles. The van der Waals surface area contributed by atoms with Gasteiger partial charge in [0.2, 0.25) is 0 Å². The number of hydrogen-bond acceptors (Lipinski definition) is 2. The first kappa shape index (κ1) is 15.7. The van der Waals surface area contributed by atoms with Gasteiger partial charge < -0.3 is 0 Å². The first-order chi connectivity index (χ1) is 10.6. The average Bonchev–Trinajstić information content (AvgIpc) is 2.56. The van der Waals surface area contributed by atoms with Crippen molar-refractivity contribution in [1.29, 1.82) is 0 Å². The molecule has 2 aromatic carbocycles. The number of hydrogen-bond donors (Lipinski definition) is 0. The zero-order chi connectivity index (χ0) is 15.7. The topological polar surface area (TPSA) is 34.1 Å². The molecule has 22 heavy (non-hydrogen) atoms. The molecule has 0 spiro atoms. The lowest BCUT2D eigenvalue weighted by Crippen LogP contribution is -2.44. The molecule has 1 atom stereocenters. The van der Waals surface area contributed by atoms with Crippen LogP contribution in [0.1, 0.15) is 32.7 Å². The van der Waals surface area contributed by atoms with Crippen LogP contribution in [0.5, 0.6) is 0 Å². The molecule has 3 rings (SSSR count). The van der Waals surface area contributed by atoms with Crippen LogP contribution in [0.15, 0.2) is 48.5 Å². The fourth-order valence-electron chi connectivity index (χ4n) is 2.96. The minimum absolute atomic E-state index is 0.0521. The Hall–Kier alpha value is -1.20.